The average Bonchev–Trinajstić information content (AvgIpc) is 2.11. The van der Waals surface area contributed by atoms with Gasteiger partial charge in [0.25, 0.3) is 0 Å². The minimum Gasteiger partial charge on any atom is -0.379 e. The lowest BCUT2D eigenvalue weighted by molar-refractivity contribution is -0.118. The third-order valence-electron chi connectivity index (χ3n) is 1.66. The Morgan fingerprint density at radius 2 is 2.07 bits per heavy atom. The Kier molecular flexibility index (Phi) is 8.37. The summed E-state index contributed by atoms with van der Waals surface area (Å²) >= 11 is 0. The highest BCUT2D eigenvalue weighted by molar-refractivity contribution is 5.75. The maximum absolute atomic E-state index is 10.5. The van der Waals surface area contributed by atoms with Crippen LogP contribution in [0.5, 0.6) is 0 Å². The quantitative estimate of drug-likeness (QED) is 0.413. The fraction of sp³-hybridized carbons (Fsp3) is 0.800. The van der Waals surface area contributed by atoms with Gasteiger partial charge in [-0.2, -0.15) is 0 Å². The van der Waals surface area contributed by atoms with Crippen LogP contribution in [0.15, 0.2) is 0 Å². The third kappa shape index (κ3) is 9.35. The van der Waals surface area contributed by atoms with E-state index in [4.69, 9.17) is 9.47 Å². The summed E-state index contributed by atoms with van der Waals surface area (Å²) in [5, 5.41) is 0. The molecule has 0 aliphatic rings. The van der Waals surface area contributed by atoms with Crippen molar-refractivity contribution in [1.82, 2.24) is 0 Å². The van der Waals surface area contributed by atoms with Gasteiger partial charge in [0.2, 0.25) is 0 Å². The van der Waals surface area contributed by atoms with Crippen molar-refractivity contribution in [3.05, 3.63) is 0 Å². The fourth-order valence-electron chi connectivity index (χ4n) is 0.830. The van der Waals surface area contributed by atoms with E-state index in [1.165, 1.54) is 6.92 Å². The summed E-state index contributed by atoms with van der Waals surface area (Å²) in [6.45, 7) is 4.75. The monoisotopic (exact) mass is 202 g/mol. The lowest BCUT2D eigenvalue weighted by atomic mass is 10.3. The van der Waals surface area contributed by atoms with E-state index in [0.717, 1.165) is 6.29 Å². The van der Waals surface area contributed by atoms with Crippen molar-refractivity contribution in [3.8, 4) is 0 Å². The van der Waals surface area contributed by atoms with Crippen molar-refractivity contribution >= 4 is 12.1 Å². The molecule has 4 heteroatoms. The molecule has 4 nitrogen and oxygen atoms in total. The summed E-state index contributed by atoms with van der Waals surface area (Å²) in [6.07, 6.45) is 1.64. The van der Waals surface area contributed by atoms with Gasteiger partial charge in [-0.15, -0.1) is 0 Å². The van der Waals surface area contributed by atoms with Crippen LogP contribution in [0.3, 0.4) is 0 Å². The first-order valence-electron chi connectivity index (χ1n) is 4.79. The maximum atomic E-state index is 10.5. The number of ether oxygens (including phenoxy) is 2. The van der Waals surface area contributed by atoms with E-state index in [9.17, 15) is 9.59 Å². The molecule has 0 radical (unpaired) electrons. The van der Waals surface area contributed by atoms with Gasteiger partial charge in [0.15, 0.2) is 0 Å². The van der Waals surface area contributed by atoms with Gasteiger partial charge in [-0.1, -0.05) is 0 Å². The largest absolute Gasteiger partial charge is 0.379 e. The van der Waals surface area contributed by atoms with E-state index in [-0.39, 0.29) is 11.9 Å². The first-order chi connectivity index (χ1) is 6.66. The second-order valence-corrected chi connectivity index (χ2v) is 3.15. The fourth-order valence-corrected chi connectivity index (χ4v) is 0.830. The van der Waals surface area contributed by atoms with Gasteiger partial charge in [-0.25, -0.2) is 0 Å². The van der Waals surface area contributed by atoms with Gasteiger partial charge in [-0.05, 0) is 13.8 Å². The summed E-state index contributed by atoms with van der Waals surface area (Å²) in [5.74, 6) is 0.125. The smallest absolute Gasteiger partial charge is 0.132 e. The summed E-state index contributed by atoms with van der Waals surface area (Å²) < 4.78 is 10.4. The molecule has 0 saturated heterocycles. The van der Waals surface area contributed by atoms with Crippen molar-refractivity contribution in [3.63, 3.8) is 0 Å². The average molecular weight is 202 g/mol. The molecular formula is C10H18O4. The normalized spacial score (nSPS) is 12.4. The molecule has 0 aliphatic carbocycles. The SMILES string of the molecule is CC(=O)CCOCCO[C@H](C)CC=O. The van der Waals surface area contributed by atoms with E-state index in [0.29, 0.717) is 32.7 Å². The molecule has 1 atom stereocenters. The maximum Gasteiger partial charge on any atom is 0.132 e. The standard InChI is InChI=1S/C10H18O4/c1-9(12)4-6-13-7-8-14-10(2)3-5-11/h5,10H,3-4,6-8H2,1-2H3/t10-/m1/s1. The van der Waals surface area contributed by atoms with Crippen LogP contribution in [0.25, 0.3) is 0 Å². The van der Waals surface area contributed by atoms with E-state index in [1.54, 1.807) is 0 Å². The van der Waals surface area contributed by atoms with E-state index < -0.39 is 0 Å². The minimum absolute atomic E-state index is 0.0519. The van der Waals surface area contributed by atoms with Crippen molar-refractivity contribution in [2.45, 2.75) is 32.8 Å². The predicted molar refractivity (Wildman–Crippen MR) is 52.2 cm³/mol. The van der Waals surface area contributed by atoms with E-state index >= 15 is 0 Å². The molecule has 0 unspecified atom stereocenters. The van der Waals surface area contributed by atoms with Crippen LogP contribution in [0.2, 0.25) is 0 Å². The molecule has 0 spiro atoms. The number of aldehydes is 1. The zero-order valence-electron chi connectivity index (χ0n) is 8.82. The number of rotatable bonds is 9. The summed E-state index contributed by atoms with van der Waals surface area (Å²) in [5.41, 5.74) is 0. The van der Waals surface area contributed by atoms with Crippen LogP contribution >= 0.6 is 0 Å². The molecule has 0 aromatic carbocycles. The molecule has 0 aromatic rings. The Morgan fingerprint density at radius 3 is 2.64 bits per heavy atom. The number of Topliss-reactive ketones (excluding diaryl/α,β-unsaturated/α-hetero) is 1. The van der Waals surface area contributed by atoms with Crippen LogP contribution in [0, 0.1) is 0 Å². The number of carbonyl (C=O) groups is 2. The number of carbonyl (C=O) groups excluding carboxylic acids is 2. The Balaban J connectivity index is 3.12. The first kappa shape index (κ1) is 13.3. The lowest BCUT2D eigenvalue weighted by Crippen LogP contribution is -2.14. The molecule has 0 N–H and O–H groups in total. The highest BCUT2D eigenvalue weighted by Crippen LogP contribution is 1.94. The van der Waals surface area contributed by atoms with E-state index in [2.05, 4.69) is 0 Å². The topological polar surface area (TPSA) is 52.6 Å². The molecule has 0 saturated carbocycles. The Hall–Kier alpha value is -0.740. The van der Waals surface area contributed by atoms with E-state index in [1.807, 2.05) is 6.92 Å². The van der Waals surface area contributed by atoms with Gasteiger partial charge < -0.3 is 14.3 Å². The zero-order chi connectivity index (χ0) is 10.8. The summed E-state index contributed by atoms with van der Waals surface area (Å²) in [4.78, 5) is 20.6. The lowest BCUT2D eigenvalue weighted by Gasteiger charge is -2.09. The third-order valence-corrected chi connectivity index (χ3v) is 1.66. The molecule has 14 heavy (non-hydrogen) atoms. The minimum atomic E-state index is -0.0519. The predicted octanol–water partition coefficient (Wildman–Crippen LogP) is 0.976. The van der Waals surface area contributed by atoms with Crippen LogP contribution in [-0.4, -0.2) is 38.0 Å². The van der Waals surface area contributed by atoms with Gasteiger partial charge in [0.05, 0.1) is 25.9 Å². The molecule has 0 bridgehead atoms. The van der Waals surface area contributed by atoms with Crippen LogP contribution < -0.4 is 0 Å². The van der Waals surface area contributed by atoms with Gasteiger partial charge in [0.1, 0.15) is 12.1 Å². The molecule has 82 valence electrons. The second kappa shape index (κ2) is 8.84. The number of hydrogen-bond acceptors (Lipinski definition) is 4. The van der Waals surface area contributed by atoms with Crippen LogP contribution in [-0.2, 0) is 19.1 Å². The highest BCUT2D eigenvalue weighted by Gasteiger charge is 2.00. The molecule has 0 aliphatic heterocycles. The zero-order valence-corrected chi connectivity index (χ0v) is 8.82. The number of ketones is 1. The van der Waals surface area contributed by atoms with Crippen molar-refractivity contribution in [2.75, 3.05) is 19.8 Å². The Bertz CT molecular complexity index is 168. The van der Waals surface area contributed by atoms with Crippen LogP contribution in [0.4, 0.5) is 0 Å². The summed E-state index contributed by atoms with van der Waals surface area (Å²) in [7, 11) is 0. The van der Waals surface area contributed by atoms with Crippen LogP contribution in [0.1, 0.15) is 26.7 Å². The molecule has 0 fully saturated rings. The Labute approximate surface area is 84.6 Å². The molecule has 0 amide bonds. The van der Waals surface area contributed by atoms with Crippen molar-refractivity contribution in [2.24, 2.45) is 0 Å². The second-order valence-electron chi connectivity index (χ2n) is 3.15. The molecule has 0 heterocycles. The first-order valence-corrected chi connectivity index (χ1v) is 4.79. The Morgan fingerprint density at radius 1 is 1.36 bits per heavy atom. The molecular weight excluding hydrogens is 184 g/mol. The molecule has 0 aromatic heterocycles. The van der Waals surface area contributed by atoms with Crippen molar-refractivity contribution < 1.29 is 19.1 Å². The number of hydrogen-bond donors (Lipinski definition) is 0. The highest BCUT2D eigenvalue weighted by atomic mass is 16.5. The summed E-state index contributed by atoms with van der Waals surface area (Å²) in [6, 6.07) is 0. The van der Waals surface area contributed by atoms with Gasteiger partial charge in [0, 0.05) is 12.8 Å². The van der Waals surface area contributed by atoms with Gasteiger partial charge >= 0.3 is 0 Å². The van der Waals surface area contributed by atoms with Gasteiger partial charge in [-0.3, -0.25) is 4.79 Å². The molecule has 0 rings (SSSR count). The van der Waals surface area contributed by atoms with Crippen molar-refractivity contribution in [1.29, 1.82) is 0 Å².